The van der Waals surface area contributed by atoms with Gasteiger partial charge in [0.25, 0.3) is 0 Å². The van der Waals surface area contributed by atoms with Gasteiger partial charge in [0.2, 0.25) is 0 Å². The number of fused-ring (bicyclic) bond motifs is 1. The molecule has 1 aromatic rings. The van der Waals surface area contributed by atoms with Crippen molar-refractivity contribution in [3.63, 3.8) is 0 Å². The maximum atomic E-state index is 6.26. The highest BCUT2D eigenvalue weighted by Gasteiger charge is 2.30. The Balaban J connectivity index is 1.80. The molecule has 116 valence electrons. The van der Waals surface area contributed by atoms with Gasteiger partial charge >= 0.3 is 0 Å². The van der Waals surface area contributed by atoms with Crippen LogP contribution in [0, 0.1) is 0 Å². The predicted molar refractivity (Wildman–Crippen MR) is 85.4 cm³/mol. The molecule has 0 spiro atoms. The van der Waals surface area contributed by atoms with E-state index in [-0.39, 0.29) is 6.10 Å². The largest absolute Gasteiger partial charge is 0.493 e. The molecule has 1 saturated heterocycles. The first-order chi connectivity index (χ1) is 10.2. The molecule has 21 heavy (non-hydrogen) atoms. The van der Waals surface area contributed by atoms with Crippen LogP contribution in [0.25, 0.3) is 0 Å². The van der Waals surface area contributed by atoms with Gasteiger partial charge in [0, 0.05) is 17.5 Å². The zero-order valence-corrected chi connectivity index (χ0v) is 13.6. The van der Waals surface area contributed by atoms with Gasteiger partial charge in [-0.05, 0) is 56.0 Å². The van der Waals surface area contributed by atoms with E-state index in [0.29, 0.717) is 12.1 Å². The van der Waals surface area contributed by atoms with Gasteiger partial charge in [-0.15, -0.1) is 0 Å². The van der Waals surface area contributed by atoms with Gasteiger partial charge in [-0.3, -0.25) is 0 Å². The number of ether oxygens (including phenoxy) is 2. The second-order valence-electron chi connectivity index (χ2n) is 6.08. The van der Waals surface area contributed by atoms with Gasteiger partial charge in [-0.2, -0.15) is 0 Å². The van der Waals surface area contributed by atoms with E-state index in [4.69, 9.17) is 21.1 Å². The molecule has 0 radical (unpaired) electrons. The summed E-state index contributed by atoms with van der Waals surface area (Å²) in [5, 5.41) is 4.39. The molecular weight excluding hydrogens is 286 g/mol. The van der Waals surface area contributed by atoms with Crippen molar-refractivity contribution in [1.29, 1.82) is 0 Å². The Kier molecular flexibility index (Phi) is 4.72. The molecule has 0 bridgehead atoms. The van der Waals surface area contributed by atoms with Crippen LogP contribution in [0.4, 0.5) is 0 Å². The third-order valence-electron chi connectivity index (χ3n) is 4.45. The van der Waals surface area contributed by atoms with E-state index in [9.17, 15) is 0 Å². The van der Waals surface area contributed by atoms with E-state index in [1.165, 1.54) is 11.1 Å². The summed E-state index contributed by atoms with van der Waals surface area (Å²) >= 11 is 6.26. The molecular formula is C17H24ClNO2. The zero-order chi connectivity index (χ0) is 14.8. The number of nitrogens with one attached hydrogen (secondary N) is 1. The lowest BCUT2D eigenvalue weighted by molar-refractivity contribution is 0.0323. The molecule has 3 nitrogen and oxygen atoms in total. The lowest BCUT2D eigenvalue weighted by Gasteiger charge is -2.25. The van der Waals surface area contributed by atoms with Crippen molar-refractivity contribution in [2.45, 2.75) is 57.8 Å². The summed E-state index contributed by atoms with van der Waals surface area (Å²) in [5.41, 5.74) is 2.46. The maximum absolute atomic E-state index is 6.26. The molecule has 1 fully saturated rings. The van der Waals surface area contributed by atoms with Crippen LogP contribution < -0.4 is 10.1 Å². The minimum atomic E-state index is 0.288. The molecule has 1 N–H and O–H groups in total. The van der Waals surface area contributed by atoms with Crippen LogP contribution in [0.2, 0.25) is 5.02 Å². The molecule has 0 saturated carbocycles. The summed E-state index contributed by atoms with van der Waals surface area (Å²) < 4.78 is 11.9. The molecule has 2 heterocycles. The number of halogens is 1. The summed E-state index contributed by atoms with van der Waals surface area (Å²) in [5.74, 6) is 1.05. The van der Waals surface area contributed by atoms with Gasteiger partial charge in [-0.25, -0.2) is 0 Å². The smallest absolute Gasteiger partial charge is 0.125 e. The Morgan fingerprint density at radius 3 is 2.95 bits per heavy atom. The van der Waals surface area contributed by atoms with Crippen molar-refractivity contribution < 1.29 is 9.47 Å². The van der Waals surface area contributed by atoms with E-state index in [2.05, 4.69) is 25.2 Å². The summed E-state index contributed by atoms with van der Waals surface area (Å²) in [6, 6.07) is 4.41. The Hall–Kier alpha value is -0.770. The Morgan fingerprint density at radius 1 is 1.38 bits per heavy atom. The number of likely N-dealkylation sites (N-methyl/N-ethyl adjacent to an activating group) is 1. The predicted octanol–water partition coefficient (Wildman–Crippen LogP) is 3.36. The highest BCUT2D eigenvalue weighted by Crippen LogP contribution is 2.34. The molecule has 3 rings (SSSR count). The van der Waals surface area contributed by atoms with E-state index in [1.54, 1.807) is 0 Å². The standard InChI is InChI=1S/C17H24ClNO2/c1-3-19-15(16-5-4-11(2)21-16)10-13-9-14(18)8-12-6-7-20-17(12)13/h8-9,11,15-16,19H,3-7,10H2,1-2H3. The van der Waals surface area contributed by atoms with Crippen molar-refractivity contribution in [3.05, 3.63) is 28.3 Å². The van der Waals surface area contributed by atoms with Crippen LogP contribution in [-0.2, 0) is 17.6 Å². The number of hydrogen-bond acceptors (Lipinski definition) is 3. The second kappa shape index (κ2) is 6.55. The van der Waals surface area contributed by atoms with Crippen molar-refractivity contribution in [3.8, 4) is 5.75 Å². The fourth-order valence-corrected chi connectivity index (χ4v) is 3.72. The molecule has 2 aliphatic heterocycles. The third-order valence-corrected chi connectivity index (χ3v) is 4.66. The molecule has 3 atom stereocenters. The Labute approximate surface area is 132 Å². The number of hydrogen-bond donors (Lipinski definition) is 1. The van der Waals surface area contributed by atoms with E-state index < -0.39 is 0 Å². The molecule has 4 heteroatoms. The number of rotatable bonds is 5. The van der Waals surface area contributed by atoms with Crippen LogP contribution in [0.1, 0.15) is 37.8 Å². The van der Waals surface area contributed by atoms with Crippen molar-refractivity contribution in [2.24, 2.45) is 0 Å². The van der Waals surface area contributed by atoms with Crippen LogP contribution in [0.5, 0.6) is 5.75 Å². The molecule has 2 aliphatic rings. The minimum Gasteiger partial charge on any atom is -0.493 e. The van der Waals surface area contributed by atoms with E-state index >= 15 is 0 Å². The van der Waals surface area contributed by atoms with Gasteiger partial charge in [0.15, 0.2) is 0 Å². The average molecular weight is 310 g/mol. The second-order valence-corrected chi connectivity index (χ2v) is 6.52. The monoisotopic (exact) mass is 309 g/mol. The van der Waals surface area contributed by atoms with Crippen molar-refractivity contribution in [1.82, 2.24) is 5.32 Å². The average Bonchev–Trinajstić information content (AvgIpc) is 3.06. The van der Waals surface area contributed by atoms with Crippen molar-refractivity contribution >= 4 is 11.6 Å². The fourth-order valence-electron chi connectivity index (χ4n) is 3.46. The summed E-state index contributed by atoms with van der Waals surface area (Å²) in [4.78, 5) is 0. The van der Waals surface area contributed by atoms with Gasteiger partial charge in [0.05, 0.1) is 18.8 Å². The SMILES string of the molecule is CCNC(Cc1cc(Cl)cc2c1OCC2)C1CCC(C)O1. The highest BCUT2D eigenvalue weighted by atomic mass is 35.5. The van der Waals surface area contributed by atoms with E-state index in [0.717, 1.165) is 49.6 Å². The van der Waals surface area contributed by atoms with E-state index in [1.807, 2.05) is 6.07 Å². The van der Waals surface area contributed by atoms with Gasteiger partial charge < -0.3 is 14.8 Å². The fraction of sp³-hybridized carbons (Fsp3) is 0.647. The maximum Gasteiger partial charge on any atom is 0.125 e. The first kappa shape index (κ1) is 15.1. The normalized spacial score (nSPS) is 25.7. The molecule has 3 unspecified atom stereocenters. The van der Waals surface area contributed by atoms with Gasteiger partial charge in [0.1, 0.15) is 5.75 Å². The van der Waals surface area contributed by atoms with Crippen LogP contribution in [0.15, 0.2) is 12.1 Å². The molecule has 0 amide bonds. The Bertz CT molecular complexity index is 506. The summed E-state index contributed by atoms with van der Waals surface area (Å²) in [6.45, 7) is 6.02. The zero-order valence-electron chi connectivity index (χ0n) is 12.8. The first-order valence-electron chi connectivity index (χ1n) is 8.00. The first-order valence-corrected chi connectivity index (χ1v) is 8.38. The van der Waals surface area contributed by atoms with Crippen molar-refractivity contribution in [2.75, 3.05) is 13.2 Å². The Morgan fingerprint density at radius 2 is 2.24 bits per heavy atom. The van der Waals surface area contributed by atoms with Crippen LogP contribution >= 0.6 is 11.6 Å². The lowest BCUT2D eigenvalue weighted by Crippen LogP contribution is -2.41. The summed E-state index contributed by atoms with van der Waals surface area (Å²) in [7, 11) is 0. The van der Waals surface area contributed by atoms with Crippen LogP contribution in [-0.4, -0.2) is 31.4 Å². The highest BCUT2D eigenvalue weighted by molar-refractivity contribution is 6.30. The number of benzene rings is 1. The minimum absolute atomic E-state index is 0.288. The topological polar surface area (TPSA) is 30.5 Å². The molecule has 0 aromatic heterocycles. The molecule has 0 aliphatic carbocycles. The van der Waals surface area contributed by atoms with Gasteiger partial charge in [-0.1, -0.05) is 18.5 Å². The third kappa shape index (κ3) is 3.36. The van der Waals surface area contributed by atoms with Crippen LogP contribution in [0.3, 0.4) is 0 Å². The molecule has 1 aromatic carbocycles. The summed E-state index contributed by atoms with van der Waals surface area (Å²) in [6.07, 6.45) is 4.81. The quantitative estimate of drug-likeness (QED) is 0.904. The lowest BCUT2D eigenvalue weighted by atomic mass is 9.97.